The lowest BCUT2D eigenvalue weighted by Crippen LogP contribution is -2.89. The van der Waals surface area contributed by atoms with E-state index in [9.17, 15) is 0 Å². The lowest BCUT2D eigenvalue weighted by atomic mass is 10.4. The number of hydrogen-bond acceptors (Lipinski definition) is 12. The van der Waals surface area contributed by atoms with Crippen LogP contribution in [0, 0.1) is 0 Å². The van der Waals surface area contributed by atoms with Crippen LogP contribution in [0.2, 0.25) is 0 Å². The van der Waals surface area contributed by atoms with Crippen molar-refractivity contribution in [3.8, 4) is 0 Å². The molecule has 3 rings (SSSR count). The molecule has 3 fully saturated rings. The second kappa shape index (κ2) is 22.5. The van der Waals surface area contributed by atoms with Crippen molar-refractivity contribution in [3.05, 3.63) is 0 Å². The molecule has 0 aromatic heterocycles. The third kappa shape index (κ3) is 64.1. The molecule has 3 saturated heterocycles. The third-order valence-electron chi connectivity index (χ3n) is 4.29. The lowest BCUT2D eigenvalue weighted by molar-refractivity contribution is -0.663. The van der Waals surface area contributed by atoms with Gasteiger partial charge in [0.1, 0.15) is 0 Å². The molecule has 0 amide bonds. The molecular formula is C18H48N6O9S3. The van der Waals surface area contributed by atoms with Crippen molar-refractivity contribution in [1.29, 1.82) is 0 Å². The van der Waals surface area contributed by atoms with Gasteiger partial charge in [-0.25, -0.2) is 25.3 Å². The summed E-state index contributed by atoms with van der Waals surface area (Å²) in [5.74, 6) is 0. The van der Waals surface area contributed by atoms with Crippen LogP contribution in [-0.2, 0) is 30.4 Å². The van der Waals surface area contributed by atoms with Crippen LogP contribution in [0.5, 0.6) is 0 Å². The Labute approximate surface area is 218 Å². The number of likely N-dealkylation sites (N-methyl/N-ethyl adjacent to an activating group) is 3. The highest BCUT2D eigenvalue weighted by Gasteiger charge is 2.05. The molecule has 0 aromatic rings. The van der Waals surface area contributed by atoms with Crippen molar-refractivity contribution >= 4 is 30.4 Å². The highest BCUT2D eigenvalue weighted by Crippen LogP contribution is 1.78. The summed E-state index contributed by atoms with van der Waals surface area (Å²) in [5.41, 5.74) is 0. The maximum atomic E-state index is 9.08. The predicted octanol–water partition coefficient (Wildman–Crippen LogP) is -7.03. The van der Waals surface area contributed by atoms with Crippen LogP contribution in [0.4, 0.5) is 0 Å². The minimum absolute atomic E-state index is 0.604. The van der Waals surface area contributed by atoms with E-state index in [4.69, 9.17) is 38.9 Å². The molecule has 36 heavy (non-hydrogen) atoms. The van der Waals surface area contributed by atoms with Gasteiger partial charge in [-0.05, 0) is 21.1 Å². The van der Waals surface area contributed by atoms with Crippen molar-refractivity contribution < 1.29 is 54.9 Å². The maximum Gasteiger partial charge on any atom is 0.0916 e. The first-order chi connectivity index (χ1) is 16.2. The van der Waals surface area contributed by atoms with Crippen LogP contribution >= 0.6 is 0 Å². The molecule has 0 saturated carbocycles. The Hall–Kier alpha value is -0.510. The fourth-order valence-corrected chi connectivity index (χ4v) is 2.64. The smallest absolute Gasteiger partial charge is 0.0916 e. The Morgan fingerprint density at radius 1 is 0.444 bits per heavy atom. The highest BCUT2D eigenvalue weighted by molar-refractivity contribution is 7.85. The molecule has 18 heteroatoms. The van der Waals surface area contributed by atoms with Gasteiger partial charge in [0.05, 0.1) is 69.6 Å². The molecule has 0 spiro atoms. The number of quaternary nitrogens is 3. The minimum Gasteiger partial charge on any atom is -0.748 e. The van der Waals surface area contributed by atoms with E-state index in [2.05, 4.69) is 51.8 Å². The van der Waals surface area contributed by atoms with E-state index in [1.54, 1.807) is 0 Å². The van der Waals surface area contributed by atoms with Gasteiger partial charge in [0, 0.05) is 58.0 Å². The second-order valence-electron chi connectivity index (χ2n) is 8.62. The summed E-state index contributed by atoms with van der Waals surface area (Å²) in [6.07, 6.45) is 1.81. The Morgan fingerprint density at radius 2 is 0.556 bits per heavy atom. The van der Waals surface area contributed by atoms with Gasteiger partial charge in [-0.1, -0.05) is 0 Å². The zero-order chi connectivity index (χ0) is 28.8. The third-order valence-corrected chi connectivity index (χ3v) is 4.29. The highest BCUT2D eigenvalue weighted by atomic mass is 32.2. The van der Waals surface area contributed by atoms with Crippen molar-refractivity contribution in [1.82, 2.24) is 14.7 Å². The molecule has 0 unspecified atom stereocenters. The molecular weight excluding hydrogens is 540 g/mol. The van der Waals surface area contributed by atoms with Crippen molar-refractivity contribution in [2.75, 3.05) is 118 Å². The van der Waals surface area contributed by atoms with Gasteiger partial charge in [-0.2, -0.15) is 0 Å². The summed E-state index contributed by atoms with van der Waals surface area (Å²) in [5, 5.41) is 7.08. The first-order valence-electron chi connectivity index (χ1n) is 11.4. The summed E-state index contributed by atoms with van der Waals surface area (Å²) in [6.45, 7) is 15.3. The Balaban J connectivity index is -0.000000367. The van der Waals surface area contributed by atoms with E-state index in [-0.39, 0.29) is 0 Å². The molecule has 0 radical (unpaired) electrons. The molecule has 3 aliphatic heterocycles. The molecule has 6 N–H and O–H groups in total. The van der Waals surface area contributed by atoms with E-state index in [1.165, 1.54) is 78.5 Å². The van der Waals surface area contributed by atoms with E-state index in [1.807, 2.05) is 0 Å². The predicted molar refractivity (Wildman–Crippen MR) is 134 cm³/mol. The second-order valence-corrected chi connectivity index (χ2v) is 12.8. The van der Waals surface area contributed by atoms with Gasteiger partial charge >= 0.3 is 0 Å². The van der Waals surface area contributed by atoms with E-state index < -0.39 is 30.4 Å². The van der Waals surface area contributed by atoms with E-state index in [0.717, 1.165) is 0 Å². The van der Waals surface area contributed by atoms with Gasteiger partial charge in [-0.15, -0.1) is 0 Å². The molecule has 0 atom stereocenters. The number of nitrogens with two attached hydrogens (primary N) is 3. The fourth-order valence-electron chi connectivity index (χ4n) is 2.64. The lowest BCUT2D eigenvalue weighted by Gasteiger charge is -2.19. The Bertz CT molecular complexity index is 676. The van der Waals surface area contributed by atoms with Crippen LogP contribution < -0.4 is 16.0 Å². The first-order valence-corrected chi connectivity index (χ1v) is 16.9. The summed E-state index contributed by atoms with van der Waals surface area (Å²) < 4.78 is 81.7. The summed E-state index contributed by atoms with van der Waals surface area (Å²) in [7, 11) is -5.23. The van der Waals surface area contributed by atoms with Gasteiger partial charge in [0.2, 0.25) is 0 Å². The molecule has 3 heterocycles. The topological polar surface area (TPSA) is 231 Å². The van der Waals surface area contributed by atoms with Gasteiger partial charge < -0.3 is 29.6 Å². The Morgan fingerprint density at radius 3 is 0.611 bits per heavy atom. The summed E-state index contributed by atoms with van der Waals surface area (Å²) in [6, 6.07) is 0. The van der Waals surface area contributed by atoms with Crippen LogP contribution in [-0.4, -0.2) is 172 Å². The SMILES string of the molecule is CN1CC[NH2+]CC1.CN1CC[NH2+]CC1.CN1CC[NH2+]CC1.CS(=O)(=O)[O-].CS(=O)(=O)[O-].CS(=O)(=O)[O-]. The van der Waals surface area contributed by atoms with Crippen molar-refractivity contribution in [2.45, 2.75) is 0 Å². The first kappa shape index (κ1) is 40.0. The van der Waals surface area contributed by atoms with Crippen LogP contribution in [0.15, 0.2) is 0 Å². The molecule has 0 bridgehead atoms. The zero-order valence-electron chi connectivity index (χ0n) is 22.5. The van der Waals surface area contributed by atoms with Gasteiger partial charge in [0.15, 0.2) is 0 Å². The fraction of sp³-hybridized carbons (Fsp3) is 1.00. The zero-order valence-corrected chi connectivity index (χ0v) is 24.9. The van der Waals surface area contributed by atoms with E-state index in [0.29, 0.717) is 18.8 Å². The average Bonchev–Trinajstić information content (AvgIpc) is 2.67. The largest absolute Gasteiger partial charge is 0.748 e. The number of piperazine rings is 3. The molecule has 3 aliphatic rings. The Kier molecular flexibility index (Phi) is 25.0. The monoisotopic (exact) mass is 588 g/mol. The standard InChI is InChI=1S/3C5H12N2.3CH4O3S/c3*1-7-4-2-6-3-5-7;3*1-5(2,3)4/h3*6H,2-5H2,1H3;3*1H3,(H,2,3,4). The van der Waals surface area contributed by atoms with Crippen LogP contribution in [0.3, 0.4) is 0 Å². The molecule has 222 valence electrons. The normalized spacial score (nSPS) is 19.6. The van der Waals surface area contributed by atoms with Gasteiger partial charge in [-0.3, -0.25) is 14.7 Å². The van der Waals surface area contributed by atoms with Crippen molar-refractivity contribution in [3.63, 3.8) is 0 Å². The molecule has 15 nitrogen and oxygen atoms in total. The summed E-state index contributed by atoms with van der Waals surface area (Å²) in [4.78, 5) is 7.08. The average molecular weight is 589 g/mol. The quantitative estimate of drug-likeness (QED) is 0.224. The minimum atomic E-state index is -3.92. The summed E-state index contributed by atoms with van der Waals surface area (Å²) >= 11 is 0. The molecule has 0 aromatic carbocycles. The number of hydrogen-bond donors (Lipinski definition) is 3. The van der Waals surface area contributed by atoms with Gasteiger partial charge in [0.25, 0.3) is 0 Å². The van der Waals surface area contributed by atoms with Crippen molar-refractivity contribution in [2.24, 2.45) is 0 Å². The van der Waals surface area contributed by atoms with Crippen LogP contribution in [0.1, 0.15) is 0 Å². The number of rotatable bonds is 0. The molecule has 0 aliphatic carbocycles. The van der Waals surface area contributed by atoms with Crippen LogP contribution in [0.25, 0.3) is 0 Å². The maximum absolute atomic E-state index is 9.08. The number of nitrogens with zero attached hydrogens (tertiary/aromatic N) is 3. The van der Waals surface area contributed by atoms with E-state index >= 15 is 0 Å².